The van der Waals surface area contributed by atoms with Gasteiger partial charge in [0.2, 0.25) is 0 Å². The van der Waals surface area contributed by atoms with Crippen LogP contribution in [0.2, 0.25) is 0 Å². The molecule has 6 nitrogen and oxygen atoms in total. The van der Waals surface area contributed by atoms with Gasteiger partial charge in [0, 0.05) is 38.0 Å². The maximum absolute atomic E-state index is 12.8. The van der Waals surface area contributed by atoms with Gasteiger partial charge in [-0.05, 0) is 57.6 Å². The van der Waals surface area contributed by atoms with Gasteiger partial charge in [-0.2, -0.15) is 0 Å². The van der Waals surface area contributed by atoms with E-state index in [1.165, 1.54) is 0 Å². The Bertz CT molecular complexity index is 528. The Morgan fingerprint density at radius 1 is 1.19 bits per heavy atom. The van der Waals surface area contributed by atoms with Crippen molar-refractivity contribution >= 4 is 11.7 Å². The highest BCUT2D eigenvalue weighted by Crippen LogP contribution is 2.19. The zero-order valence-corrected chi connectivity index (χ0v) is 16.4. The molecule has 0 bridgehead atoms. The number of nitrogens with zero attached hydrogens (tertiary/aromatic N) is 2. The van der Waals surface area contributed by atoms with Gasteiger partial charge in [-0.3, -0.25) is 0 Å². The Hall–Kier alpha value is -1.79. The number of likely N-dealkylation sites (N-methyl/N-ethyl adjacent to an activating group) is 1. The molecular formula is C20H33N3O3. The molecule has 1 fully saturated rings. The SMILES string of the molecule is CCCCOc1ccc(NC(=O)N(CCN(C)C)C2CCOCC2)cc1. The second-order valence-corrected chi connectivity index (χ2v) is 7.00. The van der Waals surface area contributed by atoms with Gasteiger partial charge in [0.25, 0.3) is 0 Å². The standard InChI is InChI=1S/C20H33N3O3/c1-4-5-14-26-19-8-6-17(7-9-19)21-20(24)23(13-12-22(2)3)18-10-15-25-16-11-18/h6-9,18H,4-5,10-16H2,1-3H3,(H,21,24). The average molecular weight is 364 g/mol. The first-order valence-electron chi connectivity index (χ1n) is 9.63. The lowest BCUT2D eigenvalue weighted by molar-refractivity contribution is 0.0466. The van der Waals surface area contributed by atoms with Crippen LogP contribution >= 0.6 is 0 Å². The molecule has 1 aromatic carbocycles. The summed E-state index contributed by atoms with van der Waals surface area (Å²) in [6, 6.07) is 7.80. The Labute approximate surface area is 157 Å². The van der Waals surface area contributed by atoms with E-state index in [1.807, 2.05) is 43.3 Å². The molecular weight excluding hydrogens is 330 g/mol. The third-order valence-corrected chi connectivity index (χ3v) is 4.55. The average Bonchev–Trinajstić information content (AvgIpc) is 2.64. The van der Waals surface area contributed by atoms with Gasteiger partial charge in [0.05, 0.1) is 6.61 Å². The number of ether oxygens (including phenoxy) is 2. The second-order valence-electron chi connectivity index (χ2n) is 7.00. The number of nitrogens with one attached hydrogen (secondary N) is 1. The third kappa shape index (κ3) is 6.84. The van der Waals surface area contributed by atoms with E-state index in [-0.39, 0.29) is 12.1 Å². The number of carbonyl (C=O) groups excluding carboxylic acids is 1. The predicted octanol–water partition coefficient (Wildman–Crippen LogP) is 3.44. The Morgan fingerprint density at radius 3 is 2.50 bits per heavy atom. The molecule has 146 valence electrons. The number of hydrogen-bond acceptors (Lipinski definition) is 4. The maximum Gasteiger partial charge on any atom is 0.322 e. The molecule has 2 amide bonds. The smallest absolute Gasteiger partial charge is 0.322 e. The highest BCUT2D eigenvalue weighted by atomic mass is 16.5. The molecule has 0 aliphatic carbocycles. The number of rotatable bonds is 9. The molecule has 0 unspecified atom stereocenters. The van der Waals surface area contributed by atoms with Crippen LogP contribution in [0.5, 0.6) is 5.75 Å². The molecule has 0 saturated carbocycles. The number of benzene rings is 1. The predicted molar refractivity (Wildman–Crippen MR) is 105 cm³/mol. The van der Waals surface area contributed by atoms with Crippen LogP contribution in [-0.2, 0) is 4.74 Å². The lowest BCUT2D eigenvalue weighted by Crippen LogP contribution is -2.48. The molecule has 0 aromatic heterocycles. The summed E-state index contributed by atoms with van der Waals surface area (Å²) in [5.41, 5.74) is 0.791. The molecule has 1 saturated heterocycles. The van der Waals surface area contributed by atoms with E-state index < -0.39 is 0 Å². The summed E-state index contributed by atoms with van der Waals surface area (Å²) >= 11 is 0. The monoisotopic (exact) mass is 363 g/mol. The van der Waals surface area contributed by atoms with Crippen molar-refractivity contribution in [2.75, 3.05) is 52.3 Å². The summed E-state index contributed by atoms with van der Waals surface area (Å²) < 4.78 is 11.1. The molecule has 0 radical (unpaired) electrons. The zero-order chi connectivity index (χ0) is 18.8. The van der Waals surface area contributed by atoms with Crippen molar-refractivity contribution in [3.63, 3.8) is 0 Å². The minimum Gasteiger partial charge on any atom is -0.494 e. The molecule has 6 heteroatoms. The van der Waals surface area contributed by atoms with Crippen LogP contribution in [0.3, 0.4) is 0 Å². The summed E-state index contributed by atoms with van der Waals surface area (Å²) in [4.78, 5) is 16.9. The van der Waals surface area contributed by atoms with Crippen LogP contribution in [0.1, 0.15) is 32.6 Å². The lowest BCUT2D eigenvalue weighted by Gasteiger charge is -2.35. The van der Waals surface area contributed by atoms with E-state index in [0.29, 0.717) is 6.54 Å². The molecule has 2 rings (SSSR count). The summed E-state index contributed by atoms with van der Waals surface area (Å²) in [7, 11) is 4.05. The van der Waals surface area contributed by atoms with Crippen LogP contribution in [0.25, 0.3) is 0 Å². The minimum atomic E-state index is -0.0431. The van der Waals surface area contributed by atoms with Gasteiger partial charge in [-0.25, -0.2) is 4.79 Å². The van der Waals surface area contributed by atoms with E-state index in [2.05, 4.69) is 17.1 Å². The van der Waals surface area contributed by atoms with Crippen molar-refractivity contribution in [2.24, 2.45) is 0 Å². The topological polar surface area (TPSA) is 54.0 Å². The Balaban J connectivity index is 1.94. The van der Waals surface area contributed by atoms with Gasteiger partial charge in [-0.15, -0.1) is 0 Å². The Morgan fingerprint density at radius 2 is 1.88 bits per heavy atom. The normalized spacial score (nSPS) is 15.1. The van der Waals surface area contributed by atoms with E-state index in [4.69, 9.17) is 9.47 Å². The number of unbranched alkanes of at least 4 members (excludes halogenated alkanes) is 1. The summed E-state index contributed by atoms with van der Waals surface area (Å²) in [5, 5.41) is 3.03. The van der Waals surface area contributed by atoms with Gasteiger partial charge < -0.3 is 24.6 Å². The van der Waals surface area contributed by atoms with Crippen LogP contribution in [0.4, 0.5) is 10.5 Å². The summed E-state index contributed by atoms with van der Waals surface area (Å²) in [5.74, 6) is 0.838. The van der Waals surface area contributed by atoms with E-state index in [1.54, 1.807) is 0 Å². The Kier molecular flexibility index (Phi) is 8.71. The van der Waals surface area contributed by atoms with E-state index in [9.17, 15) is 4.79 Å². The highest BCUT2D eigenvalue weighted by molar-refractivity contribution is 5.89. The van der Waals surface area contributed by atoms with Gasteiger partial charge in [-0.1, -0.05) is 13.3 Å². The van der Waals surface area contributed by atoms with Crippen LogP contribution in [0.15, 0.2) is 24.3 Å². The summed E-state index contributed by atoms with van der Waals surface area (Å²) in [6.45, 7) is 5.86. The largest absolute Gasteiger partial charge is 0.494 e. The van der Waals surface area contributed by atoms with Crippen LogP contribution < -0.4 is 10.1 Å². The van der Waals surface area contributed by atoms with Gasteiger partial charge >= 0.3 is 6.03 Å². The van der Waals surface area contributed by atoms with Crippen molar-refractivity contribution in [3.05, 3.63) is 24.3 Å². The van der Waals surface area contributed by atoms with Crippen LogP contribution in [-0.4, -0.2) is 68.9 Å². The van der Waals surface area contributed by atoms with Gasteiger partial charge in [0.15, 0.2) is 0 Å². The van der Waals surface area contributed by atoms with Crippen LogP contribution in [0, 0.1) is 0 Å². The fourth-order valence-electron chi connectivity index (χ4n) is 2.92. The number of hydrogen-bond donors (Lipinski definition) is 1. The first kappa shape index (κ1) is 20.5. The van der Waals surface area contributed by atoms with Crippen molar-refractivity contribution in [1.29, 1.82) is 0 Å². The molecule has 0 atom stereocenters. The summed E-state index contributed by atoms with van der Waals surface area (Å²) in [6.07, 6.45) is 3.95. The van der Waals surface area contributed by atoms with Crippen molar-refractivity contribution in [3.8, 4) is 5.75 Å². The molecule has 1 N–H and O–H groups in total. The zero-order valence-electron chi connectivity index (χ0n) is 16.4. The van der Waals surface area contributed by atoms with Gasteiger partial charge in [0.1, 0.15) is 5.75 Å². The lowest BCUT2D eigenvalue weighted by atomic mass is 10.1. The quantitative estimate of drug-likeness (QED) is 0.683. The number of anilines is 1. The van der Waals surface area contributed by atoms with E-state index >= 15 is 0 Å². The fourth-order valence-corrected chi connectivity index (χ4v) is 2.92. The van der Waals surface area contributed by atoms with Crippen molar-refractivity contribution < 1.29 is 14.3 Å². The molecule has 1 aliphatic heterocycles. The van der Waals surface area contributed by atoms with Crippen molar-refractivity contribution in [2.45, 2.75) is 38.6 Å². The molecule has 1 heterocycles. The first-order valence-corrected chi connectivity index (χ1v) is 9.63. The molecule has 26 heavy (non-hydrogen) atoms. The molecule has 0 spiro atoms. The molecule has 1 aromatic rings. The maximum atomic E-state index is 12.8. The first-order chi connectivity index (χ1) is 12.6. The minimum absolute atomic E-state index is 0.0431. The van der Waals surface area contributed by atoms with Crippen molar-refractivity contribution in [1.82, 2.24) is 9.80 Å². The number of urea groups is 1. The number of carbonyl (C=O) groups is 1. The third-order valence-electron chi connectivity index (χ3n) is 4.55. The van der Waals surface area contributed by atoms with E-state index in [0.717, 1.165) is 63.5 Å². The highest BCUT2D eigenvalue weighted by Gasteiger charge is 2.25. The fraction of sp³-hybridized carbons (Fsp3) is 0.650. The molecule has 1 aliphatic rings. The second kappa shape index (κ2) is 11.0. The number of amides is 2.